The molecule has 45 heavy (non-hydrogen) atoms. The Hall–Kier alpha value is -6.00. The van der Waals surface area contributed by atoms with Crippen LogP contribution in [0.1, 0.15) is 22.9 Å². The van der Waals surface area contributed by atoms with Gasteiger partial charge in [-0.2, -0.15) is 0 Å². The van der Waals surface area contributed by atoms with Gasteiger partial charge in [0.1, 0.15) is 23.2 Å². The highest BCUT2D eigenvalue weighted by atomic mass is 16.3. The zero-order chi connectivity index (χ0) is 29.7. The average molecular weight is 578 g/mol. The van der Waals surface area contributed by atoms with Gasteiger partial charge in [-0.3, -0.25) is 0 Å². The Bertz CT molecular complexity index is 2460. The molecule has 0 saturated carbocycles. The second-order valence-corrected chi connectivity index (χ2v) is 11.5. The Balaban J connectivity index is 1.30. The summed E-state index contributed by atoms with van der Waals surface area (Å²) in [5, 5.41) is 10.6. The van der Waals surface area contributed by atoms with Gasteiger partial charge in [-0.05, 0) is 62.5 Å². The minimum Gasteiger partial charge on any atom is -0.456 e. The van der Waals surface area contributed by atoms with Crippen molar-refractivity contribution in [2.75, 3.05) is 0 Å². The molecule has 0 saturated heterocycles. The van der Waals surface area contributed by atoms with Gasteiger partial charge < -0.3 is 9.73 Å². The second-order valence-electron chi connectivity index (χ2n) is 11.5. The Morgan fingerprint density at radius 1 is 0.511 bits per heavy atom. The van der Waals surface area contributed by atoms with E-state index in [0.717, 1.165) is 55.6 Å². The van der Waals surface area contributed by atoms with Crippen LogP contribution in [0.2, 0.25) is 0 Å². The largest absolute Gasteiger partial charge is 0.456 e. The molecule has 1 aromatic heterocycles. The first kappa shape index (κ1) is 25.5. The van der Waals surface area contributed by atoms with Gasteiger partial charge in [0.25, 0.3) is 0 Å². The molecular weight excluding hydrogens is 550 g/mol. The number of rotatable bonds is 4. The Kier molecular flexibility index (Phi) is 5.85. The van der Waals surface area contributed by atoms with Crippen molar-refractivity contribution in [1.82, 2.24) is 5.32 Å². The monoisotopic (exact) mass is 577 g/mol. The fourth-order valence-corrected chi connectivity index (χ4v) is 6.50. The highest BCUT2D eigenvalue weighted by molar-refractivity contribution is 6.22. The van der Waals surface area contributed by atoms with Crippen molar-refractivity contribution in [1.29, 1.82) is 0 Å². The summed E-state index contributed by atoms with van der Waals surface area (Å²) >= 11 is 0. The lowest BCUT2D eigenvalue weighted by Gasteiger charge is -2.24. The summed E-state index contributed by atoms with van der Waals surface area (Å²) in [4.78, 5) is 10.4. The zero-order valence-corrected chi connectivity index (χ0v) is 24.3. The normalized spacial score (nSPS) is 14.9. The van der Waals surface area contributed by atoms with Gasteiger partial charge in [0.15, 0.2) is 5.84 Å². The predicted octanol–water partition coefficient (Wildman–Crippen LogP) is 10.1. The van der Waals surface area contributed by atoms with E-state index in [-0.39, 0.29) is 6.17 Å². The number of fused-ring (bicyclic) bond motifs is 6. The molecule has 2 heterocycles. The van der Waals surface area contributed by atoms with E-state index in [0.29, 0.717) is 5.84 Å². The average Bonchev–Trinajstić information content (AvgIpc) is 3.50. The number of nitrogens with zero attached hydrogens (tertiary/aromatic N) is 2. The van der Waals surface area contributed by atoms with Crippen LogP contribution in [0.3, 0.4) is 0 Å². The van der Waals surface area contributed by atoms with Crippen molar-refractivity contribution in [2.45, 2.75) is 6.17 Å². The van der Waals surface area contributed by atoms with Gasteiger partial charge >= 0.3 is 0 Å². The zero-order valence-electron chi connectivity index (χ0n) is 24.3. The van der Waals surface area contributed by atoms with Gasteiger partial charge in [-0.15, -0.1) is 0 Å². The fraction of sp³-hybridized carbons (Fsp3) is 0.0244. The Morgan fingerprint density at radius 3 is 2.04 bits per heavy atom. The second kappa shape index (κ2) is 10.3. The number of amidine groups is 2. The lowest BCUT2D eigenvalue weighted by atomic mass is 9.94. The molecule has 9 rings (SSSR count). The van der Waals surface area contributed by atoms with Crippen molar-refractivity contribution >= 4 is 55.2 Å². The van der Waals surface area contributed by atoms with Crippen molar-refractivity contribution in [3.8, 4) is 11.1 Å². The van der Waals surface area contributed by atoms with E-state index < -0.39 is 0 Å². The molecule has 0 amide bonds. The van der Waals surface area contributed by atoms with E-state index in [4.69, 9.17) is 14.4 Å². The summed E-state index contributed by atoms with van der Waals surface area (Å²) < 4.78 is 6.51. The van der Waals surface area contributed by atoms with Crippen LogP contribution in [0.15, 0.2) is 166 Å². The van der Waals surface area contributed by atoms with Crippen LogP contribution in [0.5, 0.6) is 0 Å². The smallest absolute Gasteiger partial charge is 0.160 e. The molecule has 0 bridgehead atoms. The van der Waals surface area contributed by atoms with Crippen LogP contribution in [-0.2, 0) is 0 Å². The first-order chi connectivity index (χ1) is 22.3. The van der Waals surface area contributed by atoms with Crippen LogP contribution in [-0.4, -0.2) is 11.7 Å². The van der Waals surface area contributed by atoms with Crippen LogP contribution in [0.25, 0.3) is 54.6 Å². The molecule has 1 aliphatic heterocycles. The van der Waals surface area contributed by atoms with E-state index >= 15 is 0 Å². The number of aliphatic imine (C=N–C) groups is 2. The Morgan fingerprint density at radius 2 is 1.20 bits per heavy atom. The number of hydrogen-bond acceptors (Lipinski definition) is 4. The summed E-state index contributed by atoms with van der Waals surface area (Å²) in [7, 11) is 0. The van der Waals surface area contributed by atoms with Crippen molar-refractivity contribution in [2.24, 2.45) is 9.98 Å². The van der Waals surface area contributed by atoms with E-state index in [1.807, 2.05) is 48.5 Å². The number of furan rings is 1. The molecule has 0 fully saturated rings. The van der Waals surface area contributed by atoms with E-state index in [1.165, 1.54) is 21.5 Å². The van der Waals surface area contributed by atoms with Crippen LogP contribution in [0, 0.1) is 0 Å². The lowest BCUT2D eigenvalue weighted by molar-refractivity contribution is 0.668. The summed E-state index contributed by atoms with van der Waals surface area (Å²) in [6.45, 7) is 0. The van der Waals surface area contributed by atoms with E-state index in [9.17, 15) is 0 Å². The molecule has 1 atom stereocenters. The first-order valence-corrected chi connectivity index (χ1v) is 15.2. The highest BCUT2D eigenvalue weighted by Gasteiger charge is 2.24. The molecule has 0 spiro atoms. The Labute approximate surface area is 260 Å². The van der Waals surface area contributed by atoms with Crippen molar-refractivity contribution < 1.29 is 4.42 Å². The number of benzene rings is 7. The minimum atomic E-state index is -0.294. The van der Waals surface area contributed by atoms with E-state index in [1.54, 1.807) is 0 Å². The summed E-state index contributed by atoms with van der Waals surface area (Å²) in [5.41, 5.74) is 6.86. The molecule has 212 valence electrons. The summed E-state index contributed by atoms with van der Waals surface area (Å²) in [5.74, 6) is 1.46. The topological polar surface area (TPSA) is 49.9 Å². The molecule has 4 heteroatoms. The molecule has 1 aliphatic rings. The van der Waals surface area contributed by atoms with Crippen molar-refractivity contribution in [3.05, 3.63) is 168 Å². The molecular formula is C41H27N3O. The van der Waals surface area contributed by atoms with Gasteiger partial charge in [-0.25, -0.2) is 9.98 Å². The number of nitrogens with one attached hydrogen (secondary N) is 1. The van der Waals surface area contributed by atoms with Gasteiger partial charge in [-0.1, -0.05) is 127 Å². The summed E-state index contributed by atoms with van der Waals surface area (Å²) in [6.07, 6.45) is -0.294. The fourth-order valence-electron chi connectivity index (χ4n) is 6.50. The lowest BCUT2D eigenvalue weighted by Crippen LogP contribution is -2.33. The summed E-state index contributed by atoms with van der Waals surface area (Å²) in [6, 6.07) is 52.8. The maximum absolute atomic E-state index is 6.51. The third-order valence-corrected chi connectivity index (χ3v) is 8.70. The standard InChI is InChI=1S/C41H27N3O/c1-3-12-28(13-4-1)39-42-40(29-14-5-2-6-15-29)44-41(43-39)35-24-31(25-37-38(35)33-17-9-10-18-36(33)45-37)30-22-21-27-20-19-26-11-7-8-16-32(26)34(27)23-30/h1-25,39H,(H,42,43,44). The maximum atomic E-state index is 6.51. The van der Waals surface area contributed by atoms with Gasteiger partial charge in [0.05, 0.1) is 0 Å². The molecule has 8 aromatic rings. The van der Waals surface area contributed by atoms with Crippen LogP contribution >= 0.6 is 0 Å². The molecule has 0 aliphatic carbocycles. The van der Waals surface area contributed by atoms with Crippen molar-refractivity contribution in [3.63, 3.8) is 0 Å². The molecule has 4 nitrogen and oxygen atoms in total. The molecule has 0 radical (unpaired) electrons. The minimum absolute atomic E-state index is 0.294. The molecule has 1 unspecified atom stereocenters. The number of hydrogen-bond donors (Lipinski definition) is 1. The predicted molar refractivity (Wildman–Crippen MR) is 186 cm³/mol. The van der Waals surface area contributed by atoms with Crippen LogP contribution < -0.4 is 5.32 Å². The van der Waals surface area contributed by atoms with Gasteiger partial charge in [0, 0.05) is 21.9 Å². The third kappa shape index (κ3) is 4.38. The first-order valence-electron chi connectivity index (χ1n) is 15.2. The highest BCUT2D eigenvalue weighted by Crippen LogP contribution is 2.38. The van der Waals surface area contributed by atoms with Gasteiger partial charge in [0.2, 0.25) is 0 Å². The number of para-hydroxylation sites is 1. The van der Waals surface area contributed by atoms with Crippen LogP contribution in [0.4, 0.5) is 0 Å². The molecule has 7 aromatic carbocycles. The molecule has 1 N–H and O–H groups in total. The SMILES string of the molecule is c1ccc(C2=NC(c3cc(-c4ccc5ccc6ccccc6c5c4)cc4oc5ccccc5c34)=NC(c3ccccc3)N2)cc1. The maximum Gasteiger partial charge on any atom is 0.160 e. The quantitative estimate of drug-likeness (QED) is 0.212. The van der Waals surface area contributed by atoms with E-state index in [2.05, 4.69) is 108 Å². The third-order valence-electron chi connectivity index (χ3n) is 8.70.